The molecule has 4 heteroatoms. The van der Waals surface area contributed by atoms with Crippen molar-refractivity contribution in [3.8, 4) is 5.88 Å². The van der Waals surface area contributed by atoms with E-state index >= 15 is 0 Å². The summed E-state index contributed by atoms with van der Waals surface area (Å²) in [6, 6.07) is 2.65. The summed E-state index contributed by atoms with van der Waals surface area (Å²) in [7, 11) is 0. The zero-order valence-corrected chi connectivity index (χ0v) is 7.84. The molecule has 0 radical (unpaired) electrons. The maximum Gasteiger partial charge on any atom is 0.232 e. The molecule has 0 aliphatic heterocycles. The normalized spacial score (nSPS) is 16.1. The zero-order valence-electron chi connectivity index (χ0n) is 7.84. The summed E-state index contributed by atoms with van der Waals surface area (Å²) in [6.07, 6.45) is 2.64. The molecule has 1 aromatic rings. The highest BCUT2D eigenvalue weighted by Crippen LogP contribution is 2.18. The van der Waals surface area contributed by atoms with Gasteiger partial charge in [-0.05, 0) is 19.8 Å². The highest BCUT2D eigenvalue weighted by Gasteiger charge is 2.19. The first-order chi connectivity index (χ1) is 6.34. The Hall–Kier alpha value is -1.03. The lowest BCUT2D eigenvalue weighted by molar-refractivity contribution is 0.301. The van der Waals surface area contributed by atoms with E-state index in [1.54, 1.807) is 0 Å². The summed E-state index contributed by atoms with van der Waals surface area (Å²) in [5, 5.41) is 10.2. The van der Waals surface area contributed by atoms with Crippen LogP contribution in [0.25, 0.3) is 0 Å². The molecule has 2 N–H and O–H groups in total. The number of ether oxygens (including phenoxy) is 1. The van der Waals surface area contributed by atoms with Gasteiger partial charge in [-0.2, -0.15) is 0 Å². The maximum atomic E-state index is 5.40. The average molecular weight is 181 g/mol. The number of nitrogens with one attached hydrogen (secondary N) is 2. The van der Waals surface area contributed by atoms with Gasteiger partial charge in [0.05, 0.1) is 0 Å². The number of hydrogen-bond acceptors (Lipinski definition) is 3. The molecule has 1 fully saturated rings. The number of hydrogen-bond donors (Lipinski definition) is 2. The summed E-state index contributed by atoms with van der Waals surface area (Å²) in [5.41, 5.74) is 1.03. The van der Waals surface area contributed by atoms with Crippen molar-refractivity contribution in [2.24, 2.45) is 0 Å². The quantitative estimate of drug-likeness (QED) is 0.662. The summed E-state index contributed by atoms with van der Waals surface area (Å²) >= 11 is 0. The van der Waals surface area contributed by atoms with E-state index in [1.165, 1.54) is 12.8 Å². The number of nitrogens with zero attached hydrogens (tertiary/aromatic N) is 1. The van der Waals surface area contributed by atoms with Crippen LogP contribution in [0, 0.1) is 6.92 Å². The van der Waals surface area contributed by atoms with E-state index in [-0.39, 0.29) is 0 Å². The average Bonchev–Trinajstić information content (AvgIpc) is 2.84. The minimum Gasteiger partial charge on any atom is -0.475 e. The Morgan fingerprint density at radius 3 is 3.15 bits per heavy atom. The van der Waals surface area contributed by atoms with Crippen molar-refractivity contribution in [1.82, 2.24) is 15.5 Å². The van der Waals surface area contributed by atoms with Gasteiger partial charge in [0, 0.05) is 24.3 Å². The van der Waals surface area contributed by atoms with E-state index in [1.807, 2.05) is 13.0 Å². The standard InChI is InChI=1S/C9H15N3O/c1-7-6-9(12-11-7)13-5-4-10-8-2-3-8/h6,8,10H,2-5H2,1H3,(H,11,12). The minimum atomic E-state index is 0.690. The van der Waals surface area contributed by atoms with Gasteiger partial charge >= 0.3 is 0 Å². The molecule has 0 bridgehead atoms. The first-order valence-corrected chi connectivity index (χ1v) is 4.73. The molecular weight excluding hydrogens is 166 g/mol. The second kappa shape index (κ2) is 3.79. The number of rotatable bonds is 5. The molecule has 2 rings (SSSR count). The number of aromatic nitrogens is 2. The Morgan fingerprint density at radius 2 is 2.54 bits per heavy atom. The molecule has 0 saturated heterocycles. The van der Waals surface area contributed by atoms with Crippen molar-refractivity contribution in [2.45, 2.75) is 25.8 Å². The Labute approximate surface area is 77.7 Å². The summed E-state index contributed by atoms with van der Waals surface area (Å²) < 4.78 is 5.40. The maximum absolute atomic E-state index is 5.40. The van der Waals surface area contributed by atoms with Crippen LogP contribution in [0.5, 0.6) is 5.88 Å². The third-order valence-electron chi connectivity index (χ3n) is 2.04. The van der Waals surface area contributed by atoms with Gasteiger partial charge < -0.3 is 10.1 Å². The third kappa shape index (κ3) is 2.73. The van der Waals surface area contributed by atoms with Gasteiger partial charge in [-0.15, -0.1) is 5.10 Å². The fourth-order valence-electron chi connectivity index (χ4n) is 1.17. The van der Waals surface area contributed by atoms with Crippen molar-refractivity contribution in [3.05, 3.63) is 11.8 Å². The molecular formula is C9H15N3O. The van der Waals surface area contributed by atoms with Gasteiger partial charge in [-0.3, -0.25) is 5.10 Å². The third-order valence-corrected chi connectivity index (χ3v) is 2.04. The molecule has 1 aliphatic rings. The van der Waals surface area contributed by atoms with E-state index in [9.17, 15) is 0 Å². The van der Waals surface area contributed by atoms with Crippen molar-refractivity contribution in [1.29, 1.82) is 0 Å². The van der Waals surface area contributed by atoms with Crippen LogP contribution in [0.1, 0.15) is 18.5 Å². The molecule has 0 aromatic carbocycles. The van der Waals surface area contributed by atoms with Gasteiger partial charge in [-0.1, -0.05) is 0 Å². The van der Waals surface area contributed by atoms with Crippen LogP contribution in [0.3, 0.4) is 0 Å². The molecule has 1 saturated carbocycles. The lowest BCUT2D eigenvalue weighted by atomic mass is 10.5. The van der Waals surface area contributed by atoms with Crippen molar-refractivity contribution in [3.63, 3.8) is 0 Å². The molecule has 0 spiro atoms. The minimum absolute atomic E-state index is 0.690. The summed E-state index contributed by atoms with van der Waals surface area (Å²) in [4.78, 5) is 0. The van der Waals surface area contributed by atoms with Crippen LogP contribution < -0.4 is 10.1 Å². The smallest absolute Gasteiger partial charge is 0.232 e. The lowest BCUT2D eigenvalue weighted by Gasteiger charge is -2.02. The Morgan fingerprint density at radius 1 is 1.69 bits per heavy atom. The van der Waals surface area contributed by atoms with Gasteiger partial charge in [0.15, 0.2) is 0 Å². The molecule has 0 amide bonds. The van der Waals surface area contributed by atoms with Crippen LogP contribution in [0.4, 0.5) is 0 Å². The van der Waals surface area contributed by atoms with E-state index < -0.39 is 0 Å². The molecule has 0 unspecified atom stereocenters. The van der Waals surface area contributed by atoms with Crippen LogP contribution >= 0.6 is 0 Å². The largest absolute Gasteiger partial charge is 0.475 e. The predicted molar refractivity (Wildman–Crippen MR) is 49.8 cm³/mol. The molecule has 0 atom stereocenters. The van der Waals surface area contributed by atoms with E-state index in [0.29, 0.717) is 12.5 Å². The fourth-order valence-corrected chi connectivity index (χ4v) is 1.17. The van der Waals surface area contributed by atoms with Gasteiger partial charge in [-0.25, -0.2) is 0 Å². The monoisotopic (exact) mass is 181 g/mol. The highest BCUT2D eigenvalue weighted by atomic mass is 16.5. The zero-order chi connectivity index (χ0) is 9.10. The first kappa shape index (κ1) is 8.56. The second-order valence-corrected chi connectivity index (χ2v) is 3.47. The number of H-pyrrole nitrogens is 1. The molecule has 1 heterocycles. The SMILES string of the molecule is Cc1cc(OCCNC2CC2)n[nH]1. The summed E-state index contributed by atoms with van der Waals surface area (Å²) in [6.45, 7) is 3.57. The summed E-state index contributed by atoms with van der Waals surface area (Å²) in [5.74, 6) is 0.690. The van der Waals surface area contributed by atoms with E-state index in [0.717, 1.165) is 18.3 Å². The van der Waals surface area contributed by atoms with Crippen LogP contribution in [0.2, 0.25) is 0 Å². The highest BCUT2D eigenvalue weighted by molar-refractivity contribution is 5.12. The Kier molecular flexibility index (Phi) is 2.49. The second-order valence-electron chi connectivity index (χ2n) is 3.47. The van der Waals surface area contributed by atoms with Gasteiger partial charge in [0.1, 0.15) is 6.61 Å². The predicted octanol–water partition coefficient (Wildman–Crippen LogP) is 0.849. The van der Waals surface area contributed by atoms with Gasteiger partial charge in [0.25, 0.3) is 0 Å². The van der Waals surface area contributed by atoms with Gasteiger partial charge in [0.2, 0.25) is 5.88 Å². The van der Waals surface area contributed by atoms with Crippen LogP contribution in [-0.4, -0.2) is 29.4 Å². The Balaban J connectivity index is 1.61. The van der Waals surface area contributed by atoms with Crippen LogP contribution in [-0.2, 0) is 0 Å². The first-order valence-electron chi connectivity index (χ1n) is 4.73. The van der Waals surface area contributed by atoms with E-state index in [2.05, 4.69) is 15.5 Å². The van der Waals surface area contributed by atoms with Crippen molar-refractivity contribution < 1.29 is 4.74 Å². The molecule has 1 aromatic heterocycles. The lowest BCUT2D eigenvalue weighted by Crippen LogP contribution is -2.22. The topological polar surface area (TPSA) is 49.9 Å². The van der Waals surface area contributed by atoms with Crippen molar-refractivity contribution in [2.75, 3.05) is 13.2 Å². The van der Waals surface area contributed by atoms with Crippen molar-refractivity contribution >= 4 is 0 Å². The molecule has 1 aliphatic carbocycles. The molecule has 72 valence electrons. The molecule has 4 nitrogen and oxygen atoms in total. The number of aromatic amines is 1. The van der Waals surface area contributed by atoms with E-state index in [4.69, 9.17) is 4.74 Å². The Bertz CT molecular complexity index is 268. The fraction of sp³-hybridized carbons (Fsp3) is 0.667. The number of aryl methyl sites for hydroxylation is 1. The van der Waals surface area contributed by atoms with Crippen LogP contribution in [0.15, 0.2) is 6.07 Å². The molecule has 13 heavy (non-hydrogen) atoms.